The van der Waals surface area contributed by atoms with E-state index in [1.165, 1.54) is 19.3 Å². The van der Waals surface area contributed by atoms with E-state index in [1.807, 2.05) is 36.5 Å². The van der Waals surface area contributed by atoms with Crippen LogP contribution in [0.15, 0.2) is 97.2 Å². The van der Waals surface area contributed by atoms with Crippen molar-refractivity contribution in [3.63, 3.8) is 0 Å². The Morgan fingerprint density at radius 1 is 0.600 bits per heavy atom. The lowest BCUT2D eigenvalue weighted by Crippen LogP contribution is -2.34. The normalized spacial score (nSPS) is 15.7. The average Bonchev–Trinajstić information content (AvgIpc) is 3.21. The van der Waals surface area contributed by atoms with Crippen LogP contribution >= 0.6 is 7.82 Å². The molecule has 0 saturated heterocycles. The number of unbranched alkanes of at least 4 members (excludes halogenated alkanes) is 6. The quantitative estimate of drug-likeness (QED) is 0.0129. The first kappa shape index (κ1) is 56.3. The number of phosphoric acid groups is 1. The summed E-state index contributed by atoms with van der Waals surface area (Å²) in [6.45, 7) is 2.36. The van der Waals surface area contributed by atoms with Gasteiger partial charge >= 0.3 is 25.7 Å². The summed E-state index contributed by atoms with van der Waals surface area (Å²) in [5.41, 5.74) is 5.31. The van der Waals surface area contributed by atoms with Gasteiger partial charge in [-0.3, -0.25) is 23.4 Å². The van der Waals surface area contributed by atoms with Gasteiger partial charge in [0.25, 0.3) is 0 Å². The molecule has 0 aromatic heterocycles. The van der Waals surface area contributed by atoms with Crippen LogP contribution in [0.25, 0.3) is 0 Å². The molecular weight excluding hydrogens is 789 g/mol. The number of carboxylic acid groups (broad SMARTS) is 1. The minimum atomic E-state index is -4.79. The molecule has 0 saturated carbocycles. The van der Waals surface area contributed by atoms with Crippen molar-refractivity contribution in [1.29, 1.82) is 0 Å². The number of carboxylic acids is 1. The summed E-state index contributed by atoms with van der Waals surface area (Å²) < 4.78 is 32.4. The molecule has 0 heterocycles. The Kier molecular flexibility index (Phi) is 37.0. The minimum absolute atomic E-state index is 0.0299. The number of ether oxygens (including phenoxy) is 2. The number of esters is 2. The molecule has 0 aliphatic rings. The highest BCUT2D eigenvalue weighted by atomic mass is 31.2. The van der Waals surface area contributed by atoms with Gasteiger partial charge in [0.1, 0.15) is 12.6 Å². The third-order valence-corrected chi connectivity index (χ3v) is 9.46. The Bertz CT molecular complexity index is 1420. The molecule has 0 aromatic rings. The molecule has 0 aliphatic heterocycles. The van der Waals surface area contributed by atoms with Crippen LogP contribution in [0, 0.1) is 0 Å². The first-order valence-corrected chi connectivity index (χ1v) is 23.0. The number of phosphoric ester groups is 1. The fraction of sp³-hybridized carbons (Fsp3) is 0.587. The summed E-state index contributed by atoms with van der Waals surface area (Å²) in [5, 5.41) is 29.0. The molecule has 14 heteroatoms. The fourth-order valence-corrected chi connectivity index (χ4v) is 5.81. The molecule has 13 nitrogen and oxygen atoms in total. The molecule has 0 bridgehead atoms. The van der Waals surface area contributed by atoms with E-state index in [0.717, 1.165) is 51.4 Å². The first-order valence-electron chi connectivity index (χ1n) is 21.5. The Hall–Kier alpha value is -3.68. The number of nitrogens with two attached hydrogens (primary N) is 1. The molecule has 6 N–H and O–H groups in total. The van der Waals surface area contributed by atoms with Gasteiger partial charge in [0.2, 0.25) is 0 Å². The highest BCUT2D eigenvalue weighted by Crippen LogP contribution is 2.43. The van der Waals surface area contributed by atoms with Crippen molar-refractivity contribution < 1.29 is 57.7 Å². The van der Waals surface area contributed by atoms with E-state index in [9.17, 15) is 34.1 Å². The SMILES string of the molecule is CCCCC/C=C\C/C=C\C/C=C\C/C=C\CCCC(=O)O[C@H](COC(=O)CCC[C@@H](O)/C=C/C=C\C/C=C\C=C\[C@@H](O)CCCCC)COP(=O)(O)OC[C@H](N)C(=O)O. The third-order valence-electron chi connectivity index (χ3n) is 8.51. The summed E-state index contributed by atoms with van der Waals surface area (Å²) in [6, 6.07) is -1.57. The van der Waals surface area contributed by atoms with Crippen molar-refractivity contribution in [3.8, 4) is 0 Å². The maximum atomic E-state index is 12.6. The lowest BCUT2D eigenvalue weighted by molar-refractivity contribution is -0.161. The van der Waals surface area contributed by atoms with Crippen molar-refractivity contribution in [2.45, 2.75) is 154 Å². The second-order valence-corrected chi connectivity index (χ2v) is 15.6. The van der Waals surface area contributed by atoms with Crippen LogP contribution in [0.3, 0.4) is 0 Å². The number of aliphatic hydroxyl groups excluding tert-OH is 2. The number of allylic oxidation sites excluding steroid dienone is 14. The number of hydrogen-bond acceptors (Lipinski definition) is 11. The van der Waals surface area contributed by atoms with Crippen LogP contribution in [-0.4, -0.2) is 82.3 Å². The number of carbonyl (C=O) groups excluding carboxylic acids is 2. The van der Waals surface area contributed by atoms with Crippen LogP contribution in [0.2, 0.25) is 0 Å². The molecule has 340 valence electrons. The molecule has 0 radical (unpaired) electrons. The molecule has 0 fully saturated rings. The van der Waals surface area contributed by atoms with Gasteiger partial charge in [-0.2, -0.15) is 0 Å². The topological polar surface area (TPSA) is 212 Å². The Morgan fingerprint density at radius 2 is 1.08 bits per heavy atom. The summed E-state index contributed by atoms with van der Waals surface area (Å²) in [4.78, 5) is 45.9. The zero-order valence-electron chi connectivity index (χ0n) is 36.0. The van der Waals surface area contributed by atoms with Crippen LogP contribution in [0.5, 0.6) is 0 Å². The molecular formula is C46H74NO12P. The zero-order valence-corrected chi connectivity index (χ0v) is 36.9. The van der Waals surface area contributed by atoms with Gasteiger partial charge in [0.15, 0.2) is 6.10 Å². The molecule has 0 amide bonds. The van der Waals surface area contributed by atoms with Gasteiger partial charge < -0.3 is 35.4 Å². The second-order valence-electron chi connectivity index (χ2n) is 14.2. The molecule has 0 aromatic carbocycles. The van der Waals surface area contributed by atoms with E-state index in [1.54, 1.807) is 24.3 Å². The van der Waals surface area contributed by atoms with Crippen molar-refractivity contribution in [2.24, 2.45) is 5.73 Å². The van der Waals surface area contributed by atoms with E-state index in [2.05, 4.69) is 54.8 Å². The van der Waals surface area contributed by atoms with Crippen molar-refractivity contribution in [1.82, 2.24) is 0 Å². The molecule has 0 aliphatic carbocycles. The Morgan fingerprint density at radius 3 is 1.65 bits per heavy atom. The average molecular weight is 864 g/mol. The number of aliphatic hydroxyl groups is 2. The first-order chi connectivity index (χ1) is 28.9. The fourth-order valence-electron chi connectivity index (χ4n) is 5.03. The molecule has 0 rings (SSSR count). The summed E-state index contributed by atoms with van der Waals surface area (Å²) in [5.74, 6) is -2.72. The van der Waals surface area contributed by atoms with Gasteiger partial charge in [-0.05, 0) is 70.6 Å². The van der Waals surface area contributed by atoms with Crippen molar-refractivity contribution in [3.05, 3.63) is 97.2 Å². The highest BCUT2D eigenvalue weighted by molar-refractivity contribution is 7.47. The molecule has 5 atom stereocenters. The van der Waals surface area contributed by atoms with E-state index >= 15 is 0 Å². The van der Waals surface area contributed by atoms with Crippen LogP contribution in [0.4, 0.5) is 0 Å². The van der Waals surface area contributed by atoms with Crippen molar-refractivity contribution >= 4 is 25.7 Å². The lowest BCUT2D eigenvalue weighted by Gasteiger charge is -2.20. The number of rotatable bonds is 38. The maximum absolute atomic E-state index is 12.6. The molecule has 60 heavy (non-hydrogen) atoms. The van der Waals surface area contributed by atoms with E-state index in [4.69, 9.17) is 24.8 Å². The van der Waals surface area contributed by atoms with Crippen LogP contribution in [-0.2, 0) is 37.5 Å². The number of hydrogen-bond donors (Lipinski definition) is 5. The summed E-state index contributed by atoms with van der Waals surface area (Å²) in [7, 11) is -4.79. The van der Waals surface area contributed by atoms with Gasteiger partial charge in [-0.25, -0.2) is 4.57 Å². The lowest BCUT2D eigenvalue weighted by atomic mass is 10.1. The third kappa shape index (κ3) is 38.5. The minimum Gasteiger partial charge on any atom is -0.480 e. The van der Waals surface area contributed by atoms with Crippen LogP contribution in [0.1, 0.15) is 129 Å². The summed E-state index contributed by atoms with van der Waals surface area (Å²) >= 11 is 0. The largest absolute Gasteiger partial charge is 0.480 e. The molecule has 0 spiro atoms. The smallest absolute Gasteiger partial charge is 0.472 e. The monoisotopic (exact) mass is 863 g/mol. The second kappa shape index (κ2) is 39.5. The maximum Gasteiger partial charge on any atom is 0.472 e. The predicted molar refractivity (Wildman–Crippen MR) is 238 cm³/mol. The Balaban J connectivity index is 4.72. The highest BCUT2D eigenvalue weighted by Gasteiger charge is 2.28. The number of carbonyl (C=O) groups is 3. The van der Waals surface area contributed by atoms with Gasteiger partial charge in [0, 0.05) is 12.8 Å². The van der Waals surface area contributed by atoms with E-state index in [-0.39, 0.29) is 19.3 Å². The van der Waals surface area contributed by atoms with Crippen molar-refractivity contribution in [2.75, 3.05) is 19.8 Å². The standard InChI is InChI=1S/C46H74NO12P/c1-3-5-7-8-9-10-11-12-13-14-15-16-17-18-22-25-29-35-45(51)59-42(38-57-60(54,55)58-39-43(47)46(52)53)37-56-44(50)36-30-34-41(49)33-28-24-21-19-20-23-27-32-40(48)31-26-6-4-2/h9-10,12-13,15-16,18,20-24,27-28,32-33,40-43,48-49H,3-8,11,14,17,19,25-26,29-31,34-39,47H2,1-2H3,(H,52,53)(H,54,55)/b10-9-,13-12-,16-15-,22-18-,23-20-,24-21-,32-27+,33-28+/t40-,41-,42+,43-/m0/s1. The number of aliphatic carboxylic acids is 1. The van der Waals surface area contributed by atoms with Crippen LogP contribution < -0.4 is 5.73 Å². The summed E-state index contributed by atoms with van der Waals surface area (Å²) in [6.07, 6.45) is 42.7. The van der Waals surface area contributed by atoms with E-state index in [0.29, 0.717) is 25.7 Å². The van der Waals surface area contributed by atoms with E-state index < -0.39 is 69.9 Å². The Labute approximate surface area is 359 Å². The van der Waals surface area contributed by atoms with Gasteiger partial charge in [0.05, 0.1) is 25.4 Å². The molecule has 1 unspecified atom stereocenters. The van der Waals surface area contributed by atoms with Gasteiger partial charge in [-0.1, -0.05) is 143 Å². The zero-order chi connectivity index (χ0) is 44.5. The van der Waals surface area contributed by atoms with Gasteiger partial charge in [-0.15, -0.1) is 0 Å². The predicted octanol–water partition coefficient (Wildman–Crippen LogP) is 9.22.